The van der Waals surface area contributed by atoms with Gasteiger partial charge in [-0.05, 0) is 36.6 Å². The van der Waals surface area contributed by atoms with Crippen molar-refractivity contribution in [3.8, 4) is 0 Å². The molecule has 6 heteroatoms. The number of rotatable bonds is 6. The van der Waals surface area contributed by atoms with Gasteiger partial charge >= 0.3 is 0 Å². The van der Waals surface area contributed by atoms with Crippen molar-refractivity contribution in [3.05, 3.63) is 30.1 Å². The van der Waals surface area contributed by atoms with E-state index in [4.69, 9.17) is 0 Å². The topological polar surface area (TPSA) is 66.4 Å². The first-order chi connectivity index (χ1) is 8.33. The van der Waals surface area contributed by atoms with Crippen molar-refractivity contribution in [1.82, 2.24) is 4.72 Å². The third kappa shape index (κ3) is 4.36. The van der Waals surface area contributed by atoms with Crippen molar-refractivity contribution in [2.24, 2.45) is 5.92 Å². The molecule has 18 heavy (non-hydrogen) atoms. The molecule has 4 nitrogen and oxygen atoms in total. The molecule has 1 aromatic carbocycles. The summed E-state index contributed by atoms with van der Waals surface area (Å²) in [7, 11) is -3.63. The summed E-state index contributed by atoms with van der Waals surface area (Å²) in [4.78, 5) is 0.0166. The molecular formula is C12H18FNO3S. The second-order valence-electron chi connectivity index (χ2n) is 4.45. The third-order valence-electron chi connectivity index (χ3n) is 2.63. The maximum atomic E-state index is 12.7. The maximum Gasteiger partial charge on any atom is 0.240 e. The second-order valence-corrected chi connectivity index (χ2v) is 6.22. The molecule has 0 saturated heterocycles. The molecule has 0 aliphatic rings. The highest BCUT2D eigenvalue weighted by Crippen LogP contribution is 2.10. The number of nitrogens with one attached hydrogen (secondary N) is 1. The lowest BCUT2D eigenvalue weighted by Crippen LogP contribution is -2.28. The van der Waals surface area contributed by atoms with Gasteiger partial charge in [-0.15, -0.1) is 0 Å². The van der Waals surface area contributed by atoms with Gasteiger partial charge in [-0.25, -0.2) is 17.5 Å². The Bertz CT molecular complexity index is 471. The van der Waals surface area contributed by atoms with Crippen LogP contribution in [0.4, 0.5) is 4.39 Å². The monoisotopic (exact) mass is 275 g/mol. The van der Waals surface area contributed by atoms with Gasteiger partial charge < -0.3 is 5.11 Å². The summed E-state index contributed by atoms with van der Waals surface area (Å²) in [6.45, 7) is 3.87. The number of sulfonamides is 1. The van der Waals surface area contributed by atoms with E-state index < -0.39 is 21.9 Å². The largest absolute Gasteiger partial charge is 0.393 e. The molecule has 1 atom stereocenters. The van der Waals surface area contributed by atoms with Crippen LogP contribution in [0.15, 0.2) is 29.2 Å². The third-order valence-corrected chi connectivity index (χ3v) is 4.10. The van der Waals surface area contributed by atoms with Crippen molar-refractivity contribution >= 4 is 10.0 Å². The fourth-order valence-electron chi connectivity index (χ4n) is 1.37. The molecule has 0 aromatic heterocycles. The molecular weight excluding hydrogens is 257 g/mol. The first-order valence-electron chi connectivity index (χ1n) is 5.76. The zero-order valence-corrected chi connectivity index (χ0v) is 11.2. The quantitative estimate of drug-likeness (QED) is 0.827. The number of halogens is 1. The smallest absolute Gasteiger partial charge is 0.240 e. The zero-order chi connectivity index (χ0) is 13.8. The van der Waals surface area contributed by atoms with Gasteiger partial charge in [0.1, 0.15) is 5.82 Å². The minimum Gasteiger partial charge on any atom is -0.393 e. The summed E-state index contributed by atoms with van der Waals surface area (Å²) in [5, 5.41) is 9.55. The summed E-state index contributed by atoms with van der Waals surface area (Å²) in [6.07, 6.45) is -0.195. The van der Waals surface area contributed by atoms with E-state index in [0.29, 0.717) is 6.42 Å². The average molecular weight is 275 g/mol. The summed E-state index contributed by atoms with van der Waals surface area (Å²) in [5.74, 6) is -0.399. The fraction of sp³-hybridized carbons (Fsp3) is 0.500. The Balaban J connectivity index is 2.58. The average Bonchev–Trinajstić information content (AvgIpc) is 2.29. The van der Waals surface area contributed by atoms with Crippen LogP contribution in [0.5, 0.6) is 0 Å². The summed E-state index contributed by atoms with van der Waals surface area (Å²) in [6, 6.07) is 4.60. The predicted molar refractivity (Wildman–Crippen MR) is 67.1 cm³/mol. The van der Waals surface area contributed by atoms with E-state index in [9.17, 15) is 17.9 Å². The van der Waals surface area contributed by atoms with Crippen molar-refractivity contribution in [3.63, 3.8) is 0 Å². The lowest BCUT2D eigenvalue weighted by Gasteiger charge is -2.14. The van der Waals surface area contributed by atoms with Gasteiger partial charge in [-0.2, -0.15) is 0 Å². The van der Waals surface area contributed by atoms with Crippen LogP contribution in [0, 0.1) is 11.7 Å². The van der Waals surface area contributed by atoms with Crippen LogP contribution in [0.25, 0.3) is 0 Å². The Morgan fingerprint density at radius 1 is 1.28 bits per heavy atom. The van der Waals surface area contributed by atoms with Crippen LogP contribution in [-0.2, 0) is 10.0 Å². The van der Waals surface area contributed by atoms with Gasteiger partial charge in [0.2, 0.25) is 10.0 Å². The highest BCUT2D eigenvalue weighted by molar-refractivity contribution is 7.89. The minimum absolute atomic E-state index is 0.0166. The predicted octanol–water partition coefficient (Wildman–Crippen LogP) is 1.51. The molecule has 0 spiro atoms. The van der Waals surface area contributed by atoms with Crippen LogP contribution in [0.3, 0.4) is 0 Å². The maximum absolute atomic E-state index is 12.7. The summed E-state index contributed by atoms with van der Waals surface area (Å²) in [5.41, 5.74) is 0. The highest BCUT2D eigenvalue weighted by atomic mass is 32.2. The molecule has 0 radical (unpaired) electrons. The number of aliphatic hydroxyl groups is 1. The first kappa shape index (κ1) is 15.1. The van der Waals surface area contributed by atoms with Gasteiger partial charge in [0.05, 0.1) is 11.0 Å². The standard InChI is InChI=1S/C12H18FNO3S/c1-9(2)12(15)7-8-14-18(16,17)11-5-3-10(13)4-6-11/h3-6,9,12,14-15H,7-8H2,1-2H3. The number of aliphatic hydroxyl groups excluding tert-OH is 1. The van der Waals surface area contributed by atoms with Crippen LogP contribution in [0.2, 0.25) is 0 Å². The molecule has 1 unspecified atom stereocenters. The van der Waals surface area contributed by atoms with E-state index >= 15 is 0 Å². The van der Waals surface area contributed by atoms with Gasteiger partial charge in [0, 0.05) is 6.54 Å². The molecule has 0 aliphatic heterocycles. The summed E-state index contributed by atoms with van der Waals surface area (Å²) >= 11 is 0. The number of hydrogen-bond acceptors (Lipinski definition) is 3. The van der Waals surface area contributed by atoms with E-state index in [2.05, 4.69) is 4.72 Å². The van der Waals surface area contributed by atoms with Crippen molar-refractivity contribution < 1.29 is 17.9 Å². The van der Waals surface area contributed by atoms with E-state index in [-0.39, 0.29) is 17.4 Å². The van der Waals surface area contributed by atoms with Crippen molar-refractivity contribution in [2.75, 3.05) is 6.54 Å². The van der Waals surface area contributed by atoms with Gasteiger partial charge in [-0.1, -0.05) is 13.8 Å². The Morgan fingerprint density at radius 3 is 2.33 bits per heavy atom. The Kier molecular flexibility index (Phi) is 5.25. The van der Waals surface area contributed by atoms with Crippen LogP contribution in [-0.4, -0.2) is 26.2 Å². The van der Waals surface area contributed by atoms with Crippen molar-refractivity contribution in [2.45, 2.75) is 31.3 Å². The van der Waals surface area contributed by atoms with E-state index in [1.165, 1.54) is 12.1 Å². The molecule has 0 heterocycles. The zero-order valence-electron chi connectivity index (χ0n) is 10.4. The van der Waals surface area contributed by atoms with Gasteiger partial charge in [-0.3, -0.25) is 0 Å². The van der Waals surface area contributed by atoms with Crippen LogP contribution >= 0.6 is 0 Å². The van der Waals surface area contributed by atoms with Gasteiger partial charge in [0.25, 0.3) is 0 Å². The van der Waals surface area contributed by atoms with Gasteiger partial charge in [0.15, 0.2) is 0 Å². The molecule has 0 bridgehead atoms. The molecule has 2 N–H and O–H groups in total. The normalized spacial score (nSPS) is 13.8. The van der Waals surface area contributed by atoms with Crippen LogP contribution < -0.4 is 4.72 Å². The molecule has 0 aliphatic carbocycles. The second kappa shape index (κ2) is 6.26. The van der Waals surface area contributed by atoms with Crippen molar-refractivity contribution in [1.29, 1.82) is 0 Å². The fourth-order valence-corrected chi connectivity index (χ4v) is 2.42. The Hall–Kier alpha value is -0.980. The molecule has 0 saturated carbocycles. The molecule has 102 valence electrons. The Labute approximate surface area is 107 Å². The lowest BCUT2D eigenvalue weighted by atomic mass is 10.1. The molecule has 1 aromatic rings. The van der Waals surface area contributed by atoms with E-state index in [0.717, 1.165) is 12.1 Å². The van der Waals surface area contributed by atoms with E-state index in [1.807, 2.05) is 13.8 Å². The molecule has 0 fully saturated rings. The van der Waals surface area contributed by atoms with E-state index in [1.54, 1.807) is 0 Å². The minimum atomic E-state index is -3.63. The SMILES string of the molecule is CC(C)C(O)CCNS(=O)(=O)c1ccc(F)cc1. The first-order valence-corrected chi connectivity index (χ1v) is 7.24. The molecule has 1 rings (SSSR count). The highest BCUT2D eigenvalue weighted by Gasteiger charge is 2.15. The Morgan fingerprint density at radius 2 is 1.83 bits per heavy atom. The number of benzene rings is 1. The molecule has 0 amide bonds. The number of hydrogen-bond donors (Lipinski definition) is 2. The van der Waals surface area contributed by atoms with Crippen LogP contribution in [0.1, 0.15) is 20.3 Å². The lowest BCUT2D eigenvalue weighted by molar-refractivity contribution is 0.118. The summed E-state index contributed by atoms with van der Waals surface area (Å²) < 4.78 is 38.6.